The predicted octanol–water partition coefficient (Wildman–Crippen LogP) is 3.11. The largest absolute Gasteiger partial charge is 0.373 e. The van der Waals surface area contributed by atoms with E-state index < -0.39 is 0 Å². The standard InChI is InChI=1S/C15H26N4/c1-11-12(16-5)17-14(15(2,3)4)18-13(11)19-9-7-6-8-10-19/h6-10H2,1-5H3,(H,16,17,18). The van der Waals surface area contributed by atoms with E-state index in [4.69, 9.17) is 4.98 Å². The van der Waals surface area contributed by atoms with Gasteiger partial charge in [-0.3, -0.25) is 0 Å². The molecule has 1 aromatic heterocycles. The van der Waals surface area contributed by atoms with Crippen LogP contribution >= 0.6 is 0 Å². The summed E-state index contributed by atoms with van der Waals surface area (Å²) in [6.07, 6.45) is 3.87. The van der Waals surface area contributed by atoms with Crippen LogP contribution in [0, 0.1) is 6.92 Å². The van der Waals surface area contributed by atoms with E-state index in [1.165, 1.54) is 19.3 Å². The van der Waals surface area contributed by atoms with Crippen molar-refractivity contribution in [3.8, 4) is 0 Å². The van der Waals surface area contributed by atoms with Crippen molar-refractivity contribution in [1.29, 1.82) is 0 Å². The Morgan fingerprint density at radius 1 is 1.05 bits per heavy atom. The second-order valence-electron chi connectivity index (χ2n) is 6.39. The summed E-state index contributed by atoms with van der Waals surface area (Å²) in [6.45, 7) is 10.8. The molecule has 19 heavy (non-hydrogen) atoms. The minimum absolute atomic E-state index is 0.0240. The first kappa shape index (κ1) is 14.1. The van der Waals surface area contributed by atoms with Gasteiger partial charge in [0.1, 0.15) is 17.5 Å². The molecule has 1 aliphatic heterocycles. The first-order valence-corrected chi connectivity index (χ1v) is 7.25. The van der Waals surface area contributed by atoms with E-state index in [9.17, 15) is 0 Å². The average Bonchev–Trinajstić information content (AvgIpc) is 2.38. The fraction of sp³-hybridized carbons (Fsp3) is 0.733. The van der Waals surface area contributed by atoms with Gasteiger partial charge in [-0.1, -0.05) is 20.8 Å². The predicted molar refractivity (Wildman–Crippen MR) is 81.1 cm³/mol. The Labute approximate surface area is 116 Å². The molecule has 1 N–H and O–H groups in total. The summed E-state index contributed by atoms with van der Waals surface area (Å²) < 4.78 is 0. The molecule has 0 bridgehead atoms. The summed E-state index contributed by atoms with van der Waals surface area (Å²) in [6, 6.07) is 0. The molecule has 0 spiro atoms. The van der Waals surface area contributed by atoms with E-state index >= 15 is 0 Å². The Kier molecular flexibility index (Phi) is 3.97. The minimum atomic E-state index is -0.0240. The first-order chi connectivity index (χ1) is 8.93. The lowest BCUT2D eigenvalue weighted by molar-refractivity contribution is 0.535. The third-order valence-electron chi connectivity index (χ3n) is 3.68. The average molecular weight is 262 g/mol. The van der Waals surface area contributed by atoms with Crippen LogP contribution < -0.4 is 10.2 Å². The summed E-state index contributed by atoms with van der Waals surface area (Å²) in [5.74, 6) is 2.99. The molecule has 1 aromatic rings. The third kappa shape index (κ3) is 2.99. The molecule has 0 radical (unpaired) electrons. The van der Waals surface area contributed by atoms with Crippen LogP contribution in [0.2, 0.25) is 0 Å². The van der Waals surface area contributed by atoms with Gasteiger partial charge in [0.05, 0.1) is 0 Å². The Balaban J connectivity index is 2.45. The van der Waals surface area contributed by atoms with Crippen LogP contribution in [0.15, 0.2) is 0 Å². The van der Waals surface area contributed by atoms with Crippen LogP contribution in [-0.2, 0) is 5.41 Å². The maximum absolute atomic E-state index is 4.85. The van der Waals surface area contributed by atoms with Crippen LogP contribution in [0.3, 0.4) is 0 Å². The van der Waals surface area contributed by atoms with Crippen molar-refractivity contribution in [2.45, 2.75) is 52.4 Å². The lowest BCUT2D eigenvalue weighted by Gasteiger charge is -2.31. The van der Waals surface area contributed by atoms with Crippen molar-refractivity contribution in [3.05, 3.63) is 11.4 Å². The molecule has 0 aliphatic carbocycles. The second kappa shape index (κ2) is 5.35. The Bertz CT molecular complexity index is 442. The fourth-order valence-electron chi connectivity index (χ4n) is 2.50. The quantitative estimate of drug-likeness (QED) is 0.889. The zero-order valence-corrected chi connectivity index (χ0v) is 12.9. The van der Waals surface area contributed by atoms with Gasteiger partial charge in [-0.05, 0) is 26.2 Å². The van der Waals surface area contributed by atoms with Gasteiger partial charge >= 0.3 is 0 Å². The van der Waals surface area contributed by atoms with E-state index in [0.717, 1.165) is 36.1 Å². The molecule has 106 valence electrons. The molecule has 0 amide bonds. The number of hydrogen-bond acceptors (Lipinski definition) is 4. The molecule has 4 heteroatoms. The highest BCUT2D eigenvalue weighted by molar-refractivity contribution is 5.59. The van der Waals surface area contributed by atoms with E-state index in [2.05, 4.69) is 42.9 Å². The lowest BCUT2D eigenvalue weighted by atomic mass is 9.95. The molecule has 1 saturated heterocycles. The monoisotopic (exact) mass is 262 g/mol. The van der Waals surface area contributed by atoms with Gasteiger partial charge < -0.3 is 10.2 Å². The maximum atomic E-state index is 4.85. The van der Waals surface area contributed by atoms with Crippen molar-refractivity contribution in [1.82, 2.24) is 9.97 Å². The summed E-state index contributed by atoms with van der Waals surface area (Å²) in [5, 5.41) is 3.21. The minimum Gasteiger partial charge on any atom is -0.373 e. The van der Waals surface area contributed by atoms with Crippen molar-refractivity contribution in [2.75, 3.05) is 30.4 Å². The number of anilines is 2. The molecule has 0 unspecified atom stereocenters. The molecule has 2 heterocycles. The summed E-state index contributed by atoms with van der Waals surface area (Å²) in [7, 11) is 1.93. The Hall–Kier alpha value is -1.32. The van der Waals surface area contributed by atoms with Crippen molar-refractivity contribution < 1.29 is 0 Å². The number of hydrogen-bond donors (Lipinski definition) is 1. The molecular formula is C15H26N4. The van der Waals surface area contributed by atoms with Crippen LogP contribution in [0.25, 0.3) is 0 Å². The molecule has 4 nitrogen and oxygen atoms in total. The van der Waals surface area contributed by atoms with E-state index in [1.54, 1.807) is 0 Å². The van der Waals surface area contributed by atoms with Gasteiger partial charge in [0.15, 0.2) is 0 Å². The topological polar surface area (TPSA) is 41.1 Å². The molecule has 0 saturated carbocycles. The fourth-order valence-corrected chi connectivity index (χ4v) is 2.50. The van der Waals surface area contributed by atoms with Gasteiger partial charge in [-0.2, -0.15) is 0 Å². The first-order valence-electron chi connectivity index (χ1n) is 7.25. The van der Waals surface area contributed by atoms with Crippen LogP contribution in [0.1, 0.15) is 51.4 Å². The normalized spacial score (nSPS) is 16.6. The molecule has 0 atom stereocenters. The summed E-state index contributed by atoms with van der Waals surface area (Å²) >= 11 is 0. The zero-order chi connectivity index (χ0) is 14.0. The molecular weight excluding hydrogens is 236 g/mol. The Morgan fingerprint density at radius 3 is 2.21 bits per heavy atom. The van der Waals surface area contributed by atoms with Crippen molar-refractivity contribution in [2.24, 2.45) is 0 Å². The molecule has 0 aromatic carbocycles. The van der Waals surface area contributed by atoms with Gasteiger partial charge in [0.25, 0.3) is 0 Å². The number of rotatable bonds is 2. The third-order valence-corrected chi connectivity index (χ3v) is 3.68. The smallest absolute Gasteiger partial charge is 0.138 e. The van der Waals surface area contributed by atoms with E-state index in [1.807, 2.05) is 7.05 Å². The molecule has 1 aliphatic rings. The molecule has 1 fully saturated rings. The Morgan fingerprint density at radius 2 is 1.68 bits per heavy atom. The van der Waals surface area contributed by atoms with Gasteiger partial charge in [0, 0.05) is 31.1 Å². The van der Waals surface area contributed by atoms with E-state index in [0.29, 0.717) is 0 Å². The van der Waals surface area contributed by atoms with E-state index in [-0.39, 0.29) is 5.41 Å². The highest BCUT2D eigenvalue weighted by Crippen LogP contribution is 2.29. The number of piperidine rings is 1. The van der Waals surface area contributed by atoms with Crippen molar-refractivity contribution >= 4 is 11.6 Å². The highest BCUT2D eigenvalue weighted by Gasteiger charge is 2.23. The summed E-state index contributed by atoms with van der Waals surface area (Å²) in [5.41, 5.74) is 1.14. The number of nitrogens with zero attached hydrogens (tertiary/aromatic N) is 3. The van der Waals surface area contributed by atoms with Crippen LogP contribution in [-0.4, -0.2) is 30.1 Å². The molecule has 2 rings (SSSR count). The zero-order valence-electron chi connectivity index (χ0n) is 12.9. The van der Waals surface area contributed by atoms with Gasteiger partial charge in [-0.25, -0.2) is 9.97 Å². The van der Waals surface area contributed by atoms with Crippen LogP contribution in [0.4, 0.5) is 11.6 Å². The van der Waals surface area contributed by atoms with Gasteiger partial charge in [0.2, 0.25) is 0 Å². The number of aromatic nitrogens is 2. The van der Waals surface area contributed by atoms with Crippen LogP contribution in [0.5, 0.6) is 0 Å². The maximum Gasteiger partial charge on any atom is 0.138 e. The summed E-state index contributed by atoms with van der Waals surface area (Å²) in [4.78, 5) is 11.9. The highest BCUT2D eigenvalue weighted by atomic mass is 15.2. The number of nitrogens with one attached hydrogen (secondary N) is 1. The second-order valence-corrected chi connectivity index (χ2v) is 6.39. The van der Waals surface area contributed by atoms with Crippen molar-refractivity contribution in [3.63, 3.8) is 0 Å². The SMILES string of the molecule is CNc1nc(C(C)(C)C)nc(N2CCCCC2)c1C. The lowest BCUT2D eigenvalue weighted by Crippen LogP contribution is -2.32. The van der Waals surface area contributed by atoms with Gasteiger partial charge in [-0.15, -0.1) is 0 Å².